The van der Waals surface area contributed by atoms with Crippen LogP contribution in [0.2, 0.25) is 5.15 Å². The van der Waals surface area contributed by atoms with Crippen molar-refractivity contribution in [2.24, 2.45) is 5.92 Å². The summed E-state index contributed by atoms with van der Waals surface area (Å²) in [5.41, 5.74) is 3.63. The molecule has 2 aliphatic heterocycles. The summed E-state index contributed by atoms with van der Waals surface area (Å²) >= 11 is 10.4. The molecule has 3 aliphatic rings. The first-order chi connectivity index (χ1) is 21.9. The zero-order chi connectivity index (χ0) is 31.3. The van der Waals surface area contributed by atoms with Crippen LogP contribution in [-0.2, 0) is 4.79 Å². The van der Waals surface area contributed by atoms with E-state index in [2.05, 4.69) is 87.5 Å². The molecule has 0 radical (unpaired) electrons. The van der Waals surface area contributed by atoms with Crippen molar-refractivity contribution in [2.45, 2.75) is 18.9 Å². The predicted molar refractivity (Wildman–Crippen MR) is 203 cm³/mol. The monoisotopic (exact) mass is 876 g/mol. The number of halogens is 4. The topological polar surface area (TPSA) is 101 Å². The number of allylic oxidation sites excluding steroid dienone is 2. The number of piperidine rings is 1. The highest BCUT2D eigenvalue weighted by molar-refractivity contribution is 14.1. The van der Waals surface area contributed by atoms with E-state index in [0.29, 0.717) is 30.3 Å². The Morgan fingerprint density at radius 2 is 1.48 bits per heavy atom. The summed E-state index contributed by atoms with van der Waals surface area (Å²) in [4.78, 5) is 42.5. The number of para-hydroxylation sites is 1. The first kappa shape index (κ1) is 34.1. The quantitative estimate of drug-likeness (QED) is 0.133. The standard InChI is InChI=1S/C17H14IN3O.C9H9NO.C8H4ClIN2.ClH/c18-11-5-6-14-13(9-11)17(20-10-19-14)21-8-7-16(22)12-3-1-2-4-15(12)21;11-9-5-6-10-8-4-2-1-3-7(8)9;9-8-6-3-5(10)1-2-7(6)11-4-12-8;/h1-6,9-10,12,15H,7-8H2;1-4,10H,5-6H2;1-4H;1H. The minimum atomic E-state index is -0.0634. The van der Waals surface area contributed by atoms with E-state index in [1.165, 1.54) is 6.33 Å². The predicted octanol–water partition coefficient (Wildman–Crippen LogP) is 8.12. The number of hydrogen-bond donors (Lipinski definition) is 1. The fraction of sp³-hybridized carbons (Fsp3) is 0.176. The number of anilines is 2. The second-order valence-electron chi connectivity index (χ2n) is 10.5. The van der Waals surface area contributed by atoms with Crippen LogP contribution in [0.3, 0.4) is 0 Å². The molecule has 0 amide bonds. The van der Waals surface area contributed by atoms with E-state index < -0.39 is 0 Å². The molecule has 0 spiro atoms. The summed E-state index contributed by atoms with van der Waals surface area (Å²) in [6.45, 7) is 1.48. The second-order valence-corrected chi connectivity index (χ2v) is 13.4. The first-order valence-corrected chi connectivity index (χ1v) is 16.9. The molecule has 0 bridgehead atoms. The van der Waals surface area contributed by atoms with Gasteiger partial charge in [0.2, 0.25) is 0 Å². The van der Waals surface area contributed by atoms with Crippen LogP contribution < -0.4 is 10.2 Å². The van der Waals surface area contributed by atoms with Gasteiger partial charge in [0.05, 0.1) is 23.0 Å². The van der Waals surface area contributed by atoms with Crippen LogP contribution in [0.4, 0.5) is 11.5 Å². The molecule has 2 unspecified atom stereocenters. The number of ketones is 2. The van der Waals surface area contributed by atoms with Crippen LogP contribution in [0.1, 0.15) is 23.2 Å². The maximum atomic E-state index is 12.2. The number of carbonyl (C=O) groups excluding carboxylic acids is 2. The minimum Gasteiger partial charge on any atom is -0.384 e. The van der Waals surface area contributed by atoms with Gasteiger partial charge in [-0.2, -0.15) is 0 Å². The molecule has 234 valence electrons. The van der Waals surface area contributed by atoms with Gasteiger partial charge in [-0.25, -0.2) is 19.9 Å². The van der Waals surface area contributed by atoms with Crippen molar-refractivity contribution in [1.29, 1.82) is 0 Å². The summed E-state index contributed by atoms with van der Waals surface area (Å²) in [6, 6.07) is 19.8. The largest absolute Gasteiger partial charge is 0.384 e. The van der Waals surface area contributed by atoms with Crippen LogP contribution in [-0.4, -0.2) is 50.6 Å². The average Bonchev–Trinajstić information content (AvgIpc) is 3.06. The van der Waals surface area contributed by atoms with Crippen molar-refractivity contribution in [3.8, 4) is 0 Å². The van der Waals surface area contributed by atoms with Crippen LogP contribution in [0, 0.1) is 13.1 Å². The zero-order valence-electron chi connectivity index (χ0n) is 24.3. The maximum absolute atomic E-state index is 12.2. The highest BCUT2D eigenvalue weighted by atomic mass is 127. The highest BCUT2D eigenvalue weighted by Gasteiger charge is 2.36. The van der Waals surface area contributed by atoms with Gasteiger partial charge in [0, 0.05) is 55.1 Å². The molecular weight excluding hydrogens is 849 g/mol. The number of fused-ring (bicyclic) bond motifs is 4. The smallest absolute Gasteiger partial charge is 0.166 e. The van der Waals surface area contributed by atoms with Gasteiger partial charge in [-0.05, 0) is 93.7 Å². The molecule has 8 nitrogen and oxygen atoms in total. The molecule has 3 aromatic carbocycles. The Balaban J connectivity index is 0.000000147. The zero-order valence-corrected chi connectivity index (χ0v) is 30.2. The molecule has 1 saturated heterocycles. The number of rotatable bonds is 1. The lowest BCUT2D eigenvalue weighted by Crippen LogP contribution is -2.49. The molecule has 5 aromatic rings. The molecule has 1 N–H and O–H groups in total. The van der Waals surface area contributed by atoms with Gasteiger partial charge in [-0.15, -0.1) is 12.4 Å². The van der Waals surface area contributed by atoms with Gasteiger partial charge < -0.3 is 10.2 Å². The molecule has 8 rings (SSSR count). The van der Waals surface area contributed by atoms with Crippen molar-refractivity contribution in [3.63, 3.8) is 0 Å². The van der Waals surface area contributed by atoms with Crippen molar-refractivity contribution >= 4 is 114 Å². The lowest BCUT2D eigenvalue weighted by Gasteiger charge is -2.40. The van der Waals surface area contributed by atoms with Gasteiger partial charge in [-0.3, -0.25) is 9.59 Å². The third-order valence-electron chi connectivity index (χ3n) is 7.73. The summed E-state index contributed by atoms with van der Waals surface area (Å²) in [5.74, 6) is 1.42. The number of aromatic nitrogens is 4. The molecule has 1 fully saturated rings. The molecule has 1 aliphatic carbocycles. The number of nitrogens with one attached hydrogen (secondary N) is 1. The number of nitrogens with zero attached hydrogens (tertiary/aromatic N) is 5. The lowest BCUT2D eigenvalue weighted by atomic mass is 9.85. The maximum Gasteiger partial charge on any atom is 0.166 e. The van der Waals surface area contributed by atoms with Crippen LogP contribution in [0.15, 0.2) is 97.6 Å². The van der Waals surface area contributed by atoms with Crippen molar-refractivity contribution in [2.75, 3.05) is 23.3 Å². The van der Waals surface area contributed by atoms with Crippen LogP contribution in [0.25, 0.3) is 21.8 Å². The van der Waals surface area contributed by atoms with E-state index in [-0.39, 0.29) is 30.2 Å². The summed E-state index contributed by atoms with van der Waals surface area (Å²) in [5, 5.41) is 5.64. The molecule has 46 heavy (non-hydrogen) atoms. The van der Waals surface area contributed by atoms with E-state index in [0.717, 1.165) is 52.6 Å². The van der Waals surface area contributed by atoms with E-state index in [4.69, 9.17) is 11.6 Å². The normalized spacial score (nSPS) is 17.8. The summed E-state index contributed by atoms with van der Waals surface area (Å²) in [7, 11) is 0. The Kier molecular flexibility index (Phi) is 11.6. The Bertz CT molecular complexity index is 1970. The highest BCUT2D eigenvalue weighted by Crippen LogP contribution is 2.33. The van der Waals surface area contributed by atoms with Gasteiger partial charge in [0.25, 0.3) is 0 Å². The van der Waals surface area contributed by atoms with Crippen LogP contribution in [0.5, 0.6) is 0 Å². The molecule has 2 aromatic heterocycles. The average molecular weight is 877 g/mol. The van der Waals surface area contributed by atoms with E-state index in [1.807, 2.05) is 72.8 Å². The number of benzene rings is 3. The summed E-state index contributed by atoms with van der Waals surface area (Å²) < 4.78 is 2.29. The van der Waals surface area contributed by atoms with Crippen molar-refractivity contribution in [1.82, 2.24) is 19.9 Å². The molecule has 2 atom stereocenters. The van der Waals surface area contributed by atoms with Gasteiger partial charge in [0.1, 0.15) is 29.4 Å². The fourth-order valence-electron chi connectivity index (χ4n) is 5.55. The third kappa shape index (κ3) is 7.67. The second kappa shape index (κ2) is 15.6. The molecule has 0 saturated carbocycles. The Morgan fingerprint density at radius 3 is 2.24 bits per heavy atom. The number of Topliss-reactive ketones (excluding diaryl/α,β-unsaturated/α-hetero) is 2. The Labute approximate surface area is 304 Å². The SMILES string of the molecule is Cl.Clc1ncnc2ccc(I)cc12.O=C1CCN(c2ncnc3ccc(I)cc23)C2C=CC=CC12.O=C1CCNc2ccccc21. The van der Waals surface area contributed by atoms with Gasteiger partial charge in [-0.1, -0.05) is 48.0 Å². The van der Waals surface area contributed by atoms with Gasteiger partial charge in [0.15, 0.2) is 5.78 Å². The van der Waals surface area contributed by atoms with Crippen molar-refractivity contribution < 1.29 is 9.59 Å². The lowest BCUT2D eigenvalue weighted by molar-refractivity contribution is -0.122. The number of carbonyl (C=O) groups is 2. The van der Waals surface area contributed by atoms with E-state index in [1.54, 1.807) is 6.33 Å². The molecule has 12 heteroatoms. The third-order valence-corrected chi connectivity index (χ3v) is 9.37. The van der Waals surface area contributed by atoms with E-state index in [9.17, 15) is 9.59 Å². The fourth-order valence-corrected chi connectivity index (χ4v) is 6.73. The van der Waals surface area contributed by atoms with Gasteiger partial charge >= 0.3 is 0 Å². The minimum absolute atomic E-state index is 0. The van der Waals surface area contributed by atoms with Crippen molar-refractivity contribution in [3.05, 3.63) is 115 Å². The summed E-state index contributed by atoms with van der Waals surface area (Å²) in [6.07, 6.45) is 12.3. The Hall–Kier alpha value is -3.20. The van der Waals surface area contributed by atoms with Crippen LogP contribution >= 0.6 is 69.2 Å². The molecular formula is C34H28Cl2I2N6O2. The number of hydrogen-bond acceptors (Lipinski definition) is 8. The Morgan fingerprint density at radius 1 is 0.804 bits per heavy atom. The molecule has 4 heterocycles. The van der Waals surface area contributed by atoms with E-state index >= 15 is 0 Å². The first-order valence-electron chi connectivity index (χ1n) is 14.4.